The van der Waals surface area contributed by atoms with Crippen molar-refractivity contribution in [2.45, 2.75) is 26.3 Å². The van der Waals surface area contributed by atoms with Crippen LogP contribution in [0.2, 0.25) is 0 Å². The number of ketones is 1. The highest BCUT2D eigenvalue weighted by Gasteiger charge is 2.18. The number of halogens is 2. The van der Waals surface area contributed by atoms with E-state index >= 15 is 0 Å². The van der Waals surface area contributed by atoms with Crippen molar-refractivity contribution in [1.29, 1.82) is 5.26 Å². The molecule has 0 atom stereocenters. The molecule has 0 unspecified atom stereocenters. The molecule has 0 fully saturated rings. The zero-order valence-corrected chi connectivity index (χ0v) is 14.2. The monoisotopic (exact) mass is 392 g/mol. The Hall–Kier alpha value is -0.220. The van der Waals surface area contributed by atoms with Gasteiger partial charge >= 0.3 is 0 Å². The number of carbonyl (C=O) groups is 1. The largest absolute Gasteiger partial charge is 0.293 e. The molecule has 0 aromatic carbocycles. The summed E-state index contributed by atoms with van der Waals surface area (Å²) in [5, 5.41) is 8.62. The second kappa shape index (κ2) is 7.39. The molecule has 0 aliphatic rings. The summed E-state index contributed by atoms with van der Waals surface area (Å²) < 4.78 is 1.79. The van der Waals surface area contributed by atoms with Crippen molar-refractivity contribution >= 4 is 49.0 Å². The minimum absolute atomic E-state index is 0.0791. The van der Waals surface area contributed by atoms with E-state index in [-0.39, 0.29) is 11.8 Å². The van der Waals surface area contributed by atoms with Crippen molar-refractivity contribution in [2.75, 3.05) is 13.1 Å². The second-order valence-corrected chi connectivity index (χ2v) is 7.88. The number of Topliss-reactive ketones (excluding diaryl/α,β-unsaturated/α-hetero) is 1. The Morgan fingerprint density at radius 3 is 2.67 bits per heavy atom. The molecule has 0 amide bonds. The van der Waals surface area contributed by atoms with Crippen LogP contribution in [0.25, 0.3) is 0 Å². The normalized spacial score (nSPS) is 10.9. The molecule has 1 rings (SSSR count). The summed E-state index contributed by atoms with van der Waals surface area (Å²) in [5.74, 6) is 0.0791. The summed E-state index contributed by atoms with van der Waals surface area (Å²) in [7, 11) is 0. The highest BCUT2D eigenvalue weighted by molar-refractivity contribution is 9.12. The maximum atomic E-state index is 12.2. The molecule has 6 heteroatoms. The summed E-state index contributed by atoms with van der Waals surface area (Å²) in [5.41, 5.74) is 0.703. The molecule has 3 nitrogen and oxygen atoms in total. The fourth-order valence-corrected chi connectivity index (χ4v) is 4.37. The molecular weight excluding hydrogens is 380 g/mol. The van der Waals surface area contributed by atoms with Crippen LogP contribution in [0.4, 0.5) is 0 Å². The van der Waals surface area contributed by atoms with E-state index in [9.17, 15) is 4.79 Å². The molecule has 0 aliphatic carbocycles. The number of nitriles is 1. The number of hydrogen-bond donors (Lipinski definition) is 0. The van der Waals surface area contributed by atoms with E-state index < -0.39 is 0 Å². The molecular formula is C12H14Br2N2OS. The van der Waals surface area contributed by atoms with Gasteiger partial charge < -0.3 is 0 Å². The van der Waals surface area contributed by atoms with Crippen molar-refractivity contribution < 1.29 is 4.79 Å². The molecule has 0 saturated carbocycles. The third-order valence-corrected chi connectivity index (χ3v) is 4.88. The first-order valence-electron chi connectivity index (χ1n) is 5.54. The van der Waals surface area contributed by atoms with Crippen LogP contribution in [0, 0.1) is 11.3 Å². The van der Waals surface area contributed by atoms with Gasteiger partial charge in [-0.05, 0) is 51.8 Å². The van der Waals surface area contributed by atoms with Gasteiger partial charge in [-0.15, -0.1) is 11.3 Å². The van der Waals surface area contributed by atoms with Crippen LogP contribution in [-0.4, -0.2) is 29.8 Å². The Morgan fingerprint density at radius 1 is 1.56 bits per heavy atom. The molecule has 0 radical (unpaired) electrons. The highest BCUT2D eigenvalue weighted by atomic mass is 79.9. The lowest BCUT2D eigenvalue weighted by Gasteiger charge is -2.24. The van der Waals surface area contributed by atoms with Gasteiger partial charge in [-0.2, -0.15) is 5.26 Å². The standard InChI is InChI=1S/C12H14Br2N2OS/c1-8(2)16(5-3-4-15)7-10(17)9-6-11(13)18-12(9)14/h6,8H,3,5,7H2,1-2H3. The molecule has 18 heavy (non-hydrogen) atoms. The van der Waals surface area contributed by atoms with E-state index in [2.05, 4.69) is 37.9 Å². The topological polar surface area (TPSA) is 44.1 Å². The number of thiophene rings is 1. The lowest BCUT2D eigenvalue weighted by molar-refractivity contribution is 0.0907. The van der Waals surface area contributed by atoms with Gasteiger partial charge in [0.15, 0.2) is 5.78 Å². The molecule has 0 spiro atoms. The van der Waals surface area contributed by atoms with Crippen molar-refractivity contribution in [1.82, 2.24) is 4.90 Å². The SMILES string of the molecule is CC(C)N(CCC#N)CC(=O)c1cc(Br)sc1Br. The van der Waals surface area contributed by atoms with Crippen molar-refractivity contribution in [3.8, 4) is 6.07 Å². The van der Waals surface area contributed by atoms with Gasteiger partial charge in [-0.25, -0.2) is 0 Å². The average Bonchev–Trinajstić information content (AvgIpc) is 2.63. The van der Waals surface area contributed by atoms with E-state index in [1.54, 1.807) is 0 Å². The van der Waals surface area contributed by atoms with Gasteiger partial charge in [0.1, 0.15) is 0 Å². The molecule has 0 saturated heterocycles. The molecule has 0 aliphatic heterocycles. The molecule has 0 bridgehead atoms. The fraction of sp³-hybridized carbons (Fsp3) is 0.500. The Balaban J connectivity index is 2.72. The van der Waals surface area contributed by atoms with Gasteiger partial charge in [0.25, 0.3) is 0 Å². The van der Waals surface area contributed by atoms with Gasteiger partial charge in [0.05, 0.1) is 20.2 Å². The molecule has 1 aromatic rings. The van der Waals surface area contributed by atoms with Crippen LogP contribution in [0.3, 0.4) is 0 Å². The van der Waals surface area contributed by atoms with E-state index in [4.69, 9.17) is 5.26 Å². The fourth-order valence-electron chi connectivity index (χ4n) is 1.51. The first-order valence-corrected chi connectivity index (χ1v) is 7.95. The van der Waals surface area contributed by atoms with Crippen molar-refractivity contribution in [2.24, 2.45) is 0 Å². The maximum absolute atomic E-state index is 12.2. The molecule has 1 heterocycles. The van der Waals surface area contributed by atoms with Crippen molar-refractivity contribution in [3.05, 3.63) is 19.2 Å². The van der Waals surface area contributed by atoms with Gasteiger partial charge in [0, 0.05) is 24.6 Å². The zero-order chi connectivity index (χ0) is 13.7. The summed E-state index contributed by atoms with van der Waals surface area (Å²) in [6.45, 7) is 5.04. The highest BCUT2D eigenvalue weighted by Crippen LogP contribution is 2.32. The summed E-state index contributed by atoms with van der Waals surface area (Å²) in [6, 6.07) is 4.20. The Bertz CT molecular complexity index is 465. The third kappa shape index (κ3) is 4.47. The van der Waals surface area contributed by atoms with Crippen LogP contribution in [0.15, 0.2) is 13.6 Å². The quantitative estimate of drug-likeness (QED) is 0.684. The molecule has 1 aromatic heterocycles. The van der Waals surface area contributed by atoms with Crippen LogP contribution >= 0.6 is 43.2 Å². The van der Waals surface area contributed by atoms with E-state index in [1.165, 1.54) is 11.3 Å². The first kappa shape index (κ1) is 15.8. The Labute approximate surface area is 128 Å². The van der Waals surface area contributed by atoms with Gasteiger partial charge in [0.2, 0.25) is 0 Å². The van der Waals surface area contributed by atoms with E-state index in [0.29, 0.717) is 25.1 Å². The second-order valence-electron chi connectivity index (χ2n) is 4.13. The lowest BCUT2D eigenvalue weighted by Crippen LogP contribution is -2.36. The van der Waals surface area contributed by atoms with Crippen molar-refractivity contribution in [3.63, 3.8) is 0 Å². The Morgan fingerprint density at radius 2 is 2.22 bits per heavy atom. The van der Waals surface area contributed by atoms with E-state index in [0.717, 1.165) is 7.57 Å². The average molecular weight is 394 g/mol. The summed E-state index contributed by atoms with van der Waals surface area (Å²) >= 11 is 8.25. The first-order chi connectivity index (χ1) is 8.45. The maximum Gasteiger partial charge on any atom is 0.178 e. The Kier molecular flexibility index (Phi) is 6.50. The molecule has 98 valence electrons. The number of rotatable bonds is 6. The van der Waals surface area contributed by atoms with Crippen LogP contribution in [-0.2, 0) is 0 Å². The van der Waals surface area contributed by atoms with Crippen LogP contribution < -0.4 is 0 Å². The summed E-state index contributed by atoms with van der Waals surface area (Å²) in [4.78, 5) is 14.2. The smallest absolute Gasteiger partial charge is 0.178 e. The predicted octanol–water partition coefficient (Wildman–Crippen LogP) is 4.08. The minimum atomic E-state index is 0.0791. The number of nitrogens with zero attached hydrogens (tertiary/aromatic N) is 2. The third-order valence-electron chi connectivity index (χ3n) is 2.54. The summed E-state index contributed by atoms with van der Waals surface area (Å²) in [6.07, 6.45) is 0.444. The van der Waals surface area contributed by atoms with Crippen LogP contribution in [0.5, 0.6) is 0 Å². The number of hydrogen-bond acceptors (Lipinski definition) is 4. The predicted molar refractivity (Wildman–Crippen MR) is 81.0 cm³/mol. The zero-order valence-electron chi connectivity index (χ0n) is 10.2. The van der Waals surface area contributed by atoms with E-state index in [1.807, 2.05) is 24.8 Å². The van der Waals surface area contributed by atoms with Gasteiger partial charge in [-0.3, -0.25) is 9.69 Å². The van der Waals surface area contributed by atoms with Gasteiger partial charge in [-0.1, -0.05) is 0 Å². The minimum Gasteiger partial charge on any atom is -0.293 e. The number of carbonyl (C=O) groups excluding carboxylic acids is 1. The molecule has 0 N–H and O–H groups in total. The lowest BCUT2D eigenvalue weighted by atomic mass is 10.2. The van der Waals surface area contributed by atoms with Crippen LogP contribution in [0.1, 0.15) is 30.6 Å².